The Bertz CT molecular complexity index is 309. The molecule has 1 saturated heterocycles. The molecule has 1 amide bonds. The number of hydrogen-bond donors (Lipinski definition) is 2. The second-order valence-electron chi connectivity index (χ2n) is 7.39. The second-order valence-corrected chi connectivity index (χ2v) is 7.39. The van der Waals surface area contributed by atoms with Gasteiger partial charge < -0.3 is 15.5 Å². The van der Waals surface area contributed by atoms with E-state index in [9.17, 15) is 4.79 Å². The van der Waals surface area contributed by atoms with Crippen LogP contribution in [0.25, 0.3) is 0 Å². The molecule has 0 aromatic carbocycles. The summed E-state index contributed by atoms with van der Waals surface area (Å²) in [6.07, 6.45) is 3.51. The third-order valence-electron chi connectivity index (χ3n) is 3.87. The maximum atomic E-state index is 12.1. The molecule has 1 aliphatic rings. The largest absolute Gasteiger partial charge is 0.350 e. The number of amides is 1. The van der Waals surface area contributed by atoms with E-state index in [1.165, 1.54) is 13.0 Å². The molecule has 2 unspecified atom stereocenters. The first-order valence-corrected chi connectivity index (χ1v) is 8.01. The van der Waals surface area contributed by atoms with Crippen LogP contribution >= 0.6 is 0 Å². The van der Waals surface area contributed by atoms with E-state index in [4.69, 9.17) is 0 Å². The summed E-state index contributed by atoms with van der Waals surface area (Å²) in [6, 6.07) is 0.958. The Hall–Kier alpha value is -0.610. The van der Waals surface area contributed by atoms with Crippen molar-refractivity contribution in [2.75, 3.05) is 13.1 Å². The van der Waals surface area contributed by atoms with Crippen LogP contribution < -0.4 is 10.6 Å². The number of likely N-dealkylation sites (tertiary alicyclic amines) is 1. The smallest absolute Gasteiger partial charge is 0.237 e. The Kier molecular flexibility index (Phi) is 6.46. The van der Waals surface area contributed by atoms with Crippen molar-refractivity contribution in [2.24, 2.45) is 0 Å². The standard InChI is InChI=1S/C16H33N3O/c1-12(2)19-10-7-8-14(9-11-19)17-13(3)15(20)18-16(4,5)6/h12-14,17H,7-11H2,1-6H3,(H,18,20). The van der Waals surface area contributed by atoms with Gasteiger partial charge in [0.2, 0.25) is 5.91 Å². The molecule has 0 aliphatic carbocycles. The topological polar surface area (TPSA) is 44.4 Å². The molecule has 0 radical (unpaired) electrons. The third-order valence-corrected chi connectivity index (χ3v) is 3.87. The quantitative estimate of drug-likeness (QED) is 0.831. The first-order chi connectivity index (χ1) is 9.19. The zero-order valence-corrected chi connectivity index (χ0v) is 14.1. The van der Waals surface area contributed by atoms with Crippen molar-refractivity contribution in [3.63, 3.8) is 0 Å². The molecule has 118 valence electrons. The molecule has 20 heavy (non-hydrogen) atoms. The fourth-order valence-corrected chi connectivity index (χ4v) is 2.71. The first kappa shape index (κ1) is 17.4. The highest BCUT2D eigenvalue weighted by atomic mass is 16.2. The zero-order valence-electron chi connectivity index (χ0n) is 14.1. The molecule has 2 atom stereocenters. The number of nitrogens with one attached hydrogen (secondary N) is 2. The van der Waals surface area contributed by atoms with Crippen molar-refractivity contribution in [3.05, 3.63) is 0 Å². The lowest BCUT2D eigenvalue weighted by atomic mass is 10.1. The summed E-state index contributed by atoms with van der Waals surface area (Å²) in [7, 11) is 0. The van der Waals surface area contributed by atoms with Crippen molar-refractivity contribution in [1.29, 1.82) is 0 Å². The van der Waals surface area contributed by atoms with E-state index < -0.39 is 0 Å². The van der Waals surface area contributed by atoms with E-state index >= 15 is 0 Å². The van der Waals surface area contributed by atoms with E-state index in [1.807, 2.05) is 27.7 Å². The molecule has 0 aromatic heterocycles. The van der Waals surface area contributed by atoms with Gasteiger partial charge in [-0.3, -0.25) is 4.79 Å². The number of carbonyl (C=O) groups is 1. The van der Waals surface area contributed by atoms with Crippen LogP contribution in [0.5, 0.6) is 0 Å². The minimum atomic E-state index is -0.162. The summed E-state index contributed by atoms with van der Waals surface area (Å²) in [6.45, 7) is 14.8. The zero-order chi connectivity index (χ0) is 15.3. The molecule has 2 N–H and O–H groups in total. The maximum Gasteiger partial charge on any atom is 0.237 e. The molecule has 1 heterocycles. The molecule has 4 heteroatoms. The van der Waals surface area contributed by atoms with Crippen molar-refractivity contribution in [3.8, 4) is 0 Å². The average Bonchev–Trinajstić information content (AvgIpc) is 2.52. The van der Waals surface area contributed by atoms with Crippen LogP contribution in [0.4, 0.5) is 0 Å². The molecule has 1 aliphatic heterocycles. The molecule has 1 fully saturated rings. The summed E-state index contributed by atoms with van der Waals surface area (Å²) >= 11 is 0. The minimum absolute atomic E-state index is 0.0995. The Morgan fingerprint density at radius 3 is 2.35 bits per heavy atom. The van der Waals surface area contributed by atoms with E-state index in [-0.39, 0.29) is 17.5 Å². The molecule has 1 rings (SSSR count). The van der Waals surface area contributed by atoms with Crippen molar-refractivity contribution < 1.29 is 4.79 Å². The number of carbonyl (C=O) groups excluding carboxylic acids is 1. The van der Waals surface area contributed by atoms with Gasteiger partial charge in [0.1, 0.15) is 0 Å². The van der Waals surface area contributed by atoms with Gasteiger partial charge in [0, 0.05) is 17.6 Å². The van der Waals surface area contributed by atoms with Gasteiger partial charge in [-0.2, -0.15) is 0 Å². The molecule has 0 spiro atoms. The van der Waals surface area contributed by atoms with Crippen molar-refractivity contribution >= 4 is 5.91 Å². The highest BCUT2D eigenvalue weighted by Crippen LogP contribution is 2.14. The molecule has 0 bridgehead atoms. The average molecular weight is 283 g/mol. The van der Waals surface area contributed by atoms with Crippen molar-refractivity contribution in [1.82, 2.24) is 15.5 Å². The predicted molar refractivity (Wildman–Crippen MR) is 84.8 cm³/mol. The second kappa shape index (κ2) is 7.41. The summed E-state index contributed by atoms with van der Waals surface area (Å²) in [4.78, 5) is 14.6. The number of hydrogen-bond acceptors (Lipinski definition) is 3. The van der Waals surface area contributed by atoms with E-state index in [1.54, 1.807) is 0 Å². The van der Waals surface area contributed by atoms with Gasteiger partial charge in [0.15, 0.2) is 0 Å². The Balaban J connectivity index is 2.42. The lowest BCUT2D eigenvalue weighted by Gasteiger charge is -2.27. The Morgan fingerprint density at radius 1 is 1.15 bits per heavy atom. The molecule has 0 saturated carbocycles. The monoisotopic (exact) mass is 283 g/mol. The van der Waals surface area contributed by atoms with Gasteiger partial charge in [-0.15, -0.1) is 0 Å². The predicted octanol–water partition coefficient (Wildman–Crippen LogP) is 2.14. The van der Waals surface area contributed by atoms with Crippen LogP contribution in [0.3, 0.4) is 0 Å². The van der Waals surface area contributed by atoms with Crippen LogP contribution in [-0.4, -0.2) is 47.6 Å². The van der Waals surface area contributed by atoms with Gasteiger partial charge in [0.25, 0.3) is 0 Å². The summed E-state index contributed by atoms with van der Waals surface area (Å²) in [5.74, 6) is 0.0995. The van der Waals surface area contributed by atoms with Crippen LogP contribution in [0, 0.1) is 0 Å². The number of rotatable bonds is 4. The minimum Gasteiger partial charge on any atom is -0.350 e. The van der Waals surface area contributed by atoms with Gasteiger partial charge >= 0.3 is 0 Å². The lowest BCUT2D eigenvalue weighted by molar-refractivity contribution is -0.124. The van der Waals surface area contributed by atoms with Gasteiger partial charge in [-0.25, -0.2) is 0 Å². The third kappa shape index (κ3) is 6.23. The highest BCUT2D eigenvalue weighted by Gasteiger charge is 2.24. The molecule has 0 aromatic rings. The summed E-state index contributed by atoms with van der Waals surface area (Å²) in [5.41, 5.74) is -0.162. The lowest BCUT2D eigenvalue weighted by Crippen LogP contribution is -2.51. The van der Waals surface area contributed by atoms with E-state index in [0.29, 0.717) is 12.1 Å². The highest BCUT2D eigenvalue weighted by molar-refractivity contribution is 5.81. The SMILES string of the molecule is CC(NC1CCCN(C(C)C)CC1)C(=O)NC(C)(C)C. The van der Waals surface area contributed by atoms with Crippen LogP contribution in [0.1, 0.15) is 60.8 Å². The van der Waals surface area contributed by atoms with E-state index in [0.717, 1.165) is 19.4 Å². The van der Waals surface area contributed by atoms with Gasteiger partial charge in [-0.05, 0) is 73.9 Å². The normalized spacial score (nSPS) is 23.4. The molecular formula is C16H33N3O. The fraction of sp³-hybridized carbons (Fsp3) is 0.938. The van der Waals surface area contributed by atoms with Crippen molar-refractivity contribution in [2.45, 2.75) is 84.5 Å². The fourth-order valence-electron chi connectivity index (χ4n) is 2.71. The van der Waals surface area contributed by atoms with Crippen LogP contribution in [0.15, 0.2) is 0 Å². The summed E-state index contributed by atoms with van der Waals surface area (Å²) in [5, 5.41) is 6.54. The van der Waals surface area contributed by atoms with Crippen LogP contribution in [-0.2, 0) is 4.79 Å². The number of nitrogens with zero attached hydrogens (tertiary/aromatic N) is 1. The maximum absolute atomic E-state index is 12.1. The van der Waals surface area contributed by atoms with Crippen LogP contribution in [0.2, 0.25) is 0 Å². The summed E-state index contributed by atoms with van der Waals surface area (Å²) < 4.78 is 0. The Morgan fingerprint density at radius 2 is 1.80 bits per heavy atom. The van der Waals surface area contributed by atoms with Gasteiger partial charge in [-0.1, -0.05) is 0 Å². The first-order valence-electron chi connectivity index (χ1n) is 8.01. The Labute approximate surface area is 124 Å². The molecular weight excluding hydrogens is 250 g/mol. The van der Waals surface area contributed by atoms with E-state index in [2.05, 4.69) is 29.4 Å². The van der Waals surface area contributed by atoms with Gasteiger partial charge in [0.05, 0.1) is 6.04 Å². The molecule has 4 nitrogen and oxygen atoms in total.